The lowest BCUT2D eigenvalue weighted by atomic mass is 10.1. The lowest BCUT2D eigenvalue weighted by Gasteiger charge is -2.10. The van der Waals surface area contributed by atoms with Gasteiger partial charge in [0, 0.05) is 16.8 Å². The molecule has 0 amide bonds. The maximum atomic E-state index is 12.2. The molecule has 17 heavy (non-hydrogen) atoms. The predicted octanol–water partition coefficient (Wildman–Crippen LogP) is 3.59. The van der Waals surface area contributed by atoms with Gasteiger partial charge in [-0.25, -0.2) is 0 Å². The van der Waals surface area contributed by atoms with Gasteiger partial charge in [-0.05, 0) is 53.8 Å². The van der Waals surface area contributed by atoms with Gasteiger partial charge in [0.2, 0.25) is 0 Å². The van der Waals surface area contributed by atoms with Crippen LogP contribution in [-0.4, -0.2) is 15.6 Å². The third-order valence-corrected chi connectivity index (χ3v) is 3.28. The number of hydrogen-bond donors (Lipinski definition) is 0. The van der Waals surface area contributed by atoms with Gasteiger partial charge < -0.3 is 0 Å². The number of carbonyl (C=O) groups excluding carboxylic acids is 1. The van der Waals surface area contributed by atoms with E-state index in [1.807, 2.05) is 13.1 Å². The highest BCUT2D eigenvalue weighted by Crippen LogP contribution is 2.17. The van der Waals surface area contributed by atoms with Gasteiger partial charge in [-0.3, -0.25) is 9.48 Å². The molecule has 2 rings (SSSR count). The average Bonchev–Trinajstić information content (AvgIpc) is 2.75. The average molecular weight is 361 g/mol. The third-order valence-electron chi connectivity index (χ3n) is 2.47. The number of Topliss-reactive ketones (excluding diaryl/α,β-unsaturated/α-hetero) is 1. The maximum Gasteiger partial charge on any atom is 0.187 e. The lowest BCUT2D eigenvalue weighted by molar-refractivity contribution is 0.0928. The number of nitrogens with zero attached hydrogens (tertiary/aromatic N) is 2. The monoisotopic (exact) mass is 360 g/mol. The van der Waals surface area contributed by atoms with Crippen molar-refractivity contribution in [3.05, 3.63) is 50.8 Å². The molecule has 0 aliphatic carbocycles. The van der Waals surface area contributed by atoms with E-state index in [0.29, 0.717) is 10.6 Å². The molecule has 0 saturated heterocycles. The summed E-state index contributed by atoms with van der Waals surface area (Å²) in [5.41, 5.74) is 0.646. The summed E-state index contributed by atoms with van der Waals surface area (Å²) in [6, 6.07) is 6.59. The minimum Gasteiger partial charge on any atom is -0.292 e. The van der Waals surface area contributed by atoms with Crippen molar-refractivity contribution in [2.45, 2.75) is 13.0 Å². The number of carbonyl (C=O) groups is 1. The van der Waals surface area contributed by atoms with Crippen LogP contribution in [0, 0.1) is 3.57 Å². The molecule has 1 heterocycles. The molecule has 88 valence electrons. The number of benzene rings is 1. The summed E-state index contributed by atoms with van der Waals surface area (Å²) in [7, 11) is 0. The molecule has 1 aromatic heterocycles. The molecule has 1 atom stereocenters. The lowest BCUT2D eigenvalue weighted by Crippen LogP contribution is -2.17. The van der Waals surface area contributed by atoms with Crippen LogP contribution in [0.15, 0.2) is 36.7 Å². The minimum absolute atomic E-state index is 0.0289. The summed E-state index contributed by atoms with van der Waals surface area (Å²) in [6.07, 6.45) is 3.57. The second kappa shape index (κ2) is 5.18. The summed E-state index contributed by atoms with van der Waals surface area (Å²) < 4.78 is 2.68. The van der Waals surface area contributed by atoms with Crippen LogP contribution >= 0.6 is 34.2 Å². The Kier molecular flexibility index (Phi) is 3.83. The van der Waals surface area contributed by atoms with E-state index >= 15 is 0 Å². The Morgan fingerprint density at radius 1 is 1.41 bits per heavy atom. The molecular weight excluding hydrogens is 351 g/mol. The van der Waals surface area contributed by atoms with E-state index in [1.165, 1.54) is 0 Å². The number of aromatic nitrogens is 2. The van der Waals surface area contributed by atoms with Crippen LogP contribution in [0.3, 0.4) is 0 Å². The molecule has 0 saturated carbocycles. The summed E-state index contributed by atoms with van der Waals surface area (Å²) in [5, 5.41) is 4.77. The van der Waals surface area contributed by atoms with Gasteiger partial charge in [0.1, 0.15) is 6.04 Å². The van der Waals surface area contributed by atoms with Crippen molar-refractivity contribution in [3.8, 4) is 0 Å². The topological polar surface area (TPSA) is 34.9 Å². The third kappa shape index (κ3) is 2.87. The van der Waals surface area contributed by atoms with E-state index in [0.717, 1.165) is 3.57 Å². The quantitative estimate of drug-likeness (QED) is 0.619. The Morgan fingerprint density at radius 2 is 2.06 bits per heavy atom. The highest BCUT2D eigenvalue weighted by molar-refractivity contribution is 14.1. The zero-order chi connectivity index (χ0) is 12.4. The van der Waals surface area contributed by atoms with E-state index in [1.54, 1.807) is 35.1 Å². The maximum absolute atomic E-state index is 12.2. The van der Waals surface area contributed by atoms with Crippen LogP contribution in [0.2, 0.25) is 5.02 Å². The van der Waals surface area contributed by atoms with Gasteiger partial charge in [-0.1, -0.05) is 11.6 Å². The van der Waals surface area contributed by atoms with E-state index in [4.69, 9.17) is 11.6 Å². The first-order chi connectivity index (χ1) is 8.08. The van der Waals surface area contributed by atoms with Crippen LogP contribution in [-0.2, 0) is 0 Å². The van der Waals surface area contributed by atoms with Crippen molar-refractivity contribution in [1.29, 1.82) is 0 Å². The standard InChI is InChI=1S/C12H10ClIN2O/c1-8(16-7-11(14)6-15-16)12(17)9-2-4-10(13)5-3-9/h2-8H,1H3. The highest BCUT2D eigenvalue weighted by atomic mass is 127. The zero-order valence-electron chi connectivity index (χ0n) is 9.10. The number of halogens is 2. The molecule has 0 aliphatic heterocycles. The van der Waals surface area contributed by atoms with E-state index in [-0.39, 0.29) is 11.8 Å². The fraction of sp³-hybridized carbons (Fsp3) is 0.167. The van der Waals surface area contributed by atoms with Gasteiger partial charge in [-0.2, -0.15) is 5.10 Å². The largest absolute Gasteiger partial charge is 0.292 e. The molecule has 5 heteroatoms. The molecule has 3 nitrogen and oxygen atoms in total. The highest BCUT2D eigenvalue weighted by Gasteiger charge is 2.17. The van der Waals surface area contributed by atoms with Crippen LogP contribution in [0.4, 0.5) is 0 Å². The first-order valence-corrected chi connectivity index (χ1v) is 6.53. The number of ketones is 1. The van der Waals surface area contributed by atoms with Gasteiger partial charge in [0.25, 0.3) is 0 Å². The Labute approximate surface area is 118 Å². The summed E-state index contributed by atoms with van der Waals surface area (Å²) in [5.74, 6) is 0.0289. The summed E-state index contributed by atoms with van der Waals surface area (Å²) in [6.45, 7) is 1.83. The number of rotatable bonds is 3. The molecule has 0 aliphatic rings. The Balaban J connectivity index is 2.23. The molecule has 0 fully saturated rings. The van der Waals surface area contributed by atoms with Crippen molar-refractivity contribution in [2.75, 3.05) is 0 Å². The normalized spacial score (nSPS) is 12.4. The summed E-state index contributed by atoms with van der Waals surface area (Å²) >= 11 is 7.95. The molecule has 0 N–H and O–H groups in total. The van der Waals surface area contributed by atoms with E-state index in [2.05, 4.69) is 27.7 Å². The van der Waals surface area contributed by atoms with Gasteiger partial charge >= 0.3 is 0 Å². The van der Waals surface area contributed by atoms with Gasteiger partial charge in [0.15, 0.2) is 5.78 Å². The Bertz CT molecular complexity index is 536. The van der Waals surface area contributed by atoms with Crippen LogP contribution in [0.1, 0.15) is 23.3 Å². The van der Waals surface area contributed by atoms with Crippen LogP contribution < -0.4 is 0 Å². The zero-order valence-corrected chi connectivity index (χ0v) is 12.0. The van der Waals surface area contributed by atoms with Crippen molar-refractivity contribution < 1.29 is 4.79 Å². The van der Waals surface area contributed by atoms with Gasteiger partial charge in [0.05, 0.1) is 9.77 Å². The minimum atomic E-state index is -0.306. The fourth-order valence-corrected chi connectivity index (χ4v) is 2.04. The van der Waals surface area contributed by atoms with Crippen LogP contribution in [0.5, 0.6) is 0 Å². The SMILES string of the molecule is CC(C(=O)c1ccc(Cl)cc1)n1cc(I)cn1. The second-order valence-electron chi connectivity index (χ2n) is 3.69. The summed E-state index contributed by atoms with van der Waals surface area (Å²) in [4.78, 5) is 12.2. The van der Waals surface area contributed by atoms with E-state index in [9.17, 15) is 4.79 Å². The predicted molar refractivity (Wildman–Crippen MR) is 75.4 cm³/mol. The van der Waals surface area contributed by atoms with Crippen LogP contribution in [0.25, 0.3) is 0 Å². The second-order valence-corrected chi connectivity index (χ2v) is 5.37. The molecule has 0 spiro atoms. The molecular formula is C12H10ClIN2O. The van der Waals surface area contributed by atoms with Gasteiger partial charge in [-0.15, -0.1) is 0 Å². The van der Waals surface area contributed by atoms with Crippen molar-refractivity contribution in [3.63, 3.8) is 0 Å². The van der Waals surface area contributed by atoms with Crippen molar-refractivity contribution in [1.82, 2.24) is 9.78 Å². The number of hydrogen-bond acceptors (Lipinski definition) is 2. The molecule has 1 unspecified atom stereocenters. The molecule has 2 aromatic rings. The smallest absolute Gasteiger partial charge is 0.187 e. The Hall–Kier alpha value is -0.880. The molecule has 0 radical (unpaired) electrons. The Morgan fingerprint density at radius 3 is 2.59 bits per heavy atom. The first-order valence-electron chi connectivity index (χ1n) is 5.07. The first kappa shape index (κ1) is 12.6. The van der Waals surface area contributed by atoms with E-state index < -0.39 is 0 Å². The molecule has 1 aromatic carbocycles. The fourth-order valence-electron chi connectivity index (χ4n) is 1.50. The van der Waals surface area contributed by atoms with Crippen molar-refractivity contribution >= 4 is 40.0 Å². The van der Waals surface area contributed by atoms with Crippen molar-refractivity contribution in [2.24, 2.45) is 0 Å². The molecule has 0 bridgehead atoms.